The van der Waals surface area contributed by atoms with E-state index in [4.69, 9.17) is 9.72 Å². The number of pyridine rings is 1. The molecular weight excluding hydrogens is 984 g/mol. The van der Waals surface area contributed by atoms with E-state index in [1.54, 1.807) is 0 Å². The Kier molecular flexibility index (Phi) is 10.6. The number of benzene rings is 7. The van der Waals surface area contributed by atoms with E-state index < -0.39 is 0 Å². The standard InChI is InChI=1S/C57H45N4OS.Pt/c1-36-37(2)52(39-18-9-7-10-19-39)55(53(38(36)3)40-20-11-8-12-21-40)60-35-59(47-25-14-15-26-48(47)60)42-22-17-23-43(33-42)62-44-28-29-45-49(34-44)61(51-32-41(30-31-58-51)57(4,5)6)54-46-24-13-16-27-50(46)63-56(45)54;/h7-32,35H,1-6H3;/q-3;. The Morgan fingerprint density at radius 3 is 1.92 bits per heavy atom. The van der Waals surface area contributed by atoms with Crippen molar-refractivity contribution in [3.63, 3.8) is 0 Å². The molecule has 0 saturated heterocycles. The number of anilines is 4. The molecule has 318 valence electrons. The van der Waals surface area contributed by atoms with Crippen molar-refractivity contribution in [2.24, 2.45) is 0 Å². The largest absolute Gasteiger partial charge is 0.509 e. The van der Waals surface area contributed by atoms with E-state index in [-0.39, 0.29) is 26.5 Å². The van der Waals surface area contributed by atoms with Crippen LogP contribution in [0.2, 0.25) is 0 Å². The predicted octanol–water partition coefficient (Wildman–Crippen LogP) is 15.7. The fourth-order valence-electron chi connectivity index (χ4n) is 9.20. The number of rotatable bonds is 7. The van der Waals surface area contributed by atoms with Gasteiger partial charge < -0.3 is 19.1 Å². The van der Waals surface area contributed by atoms with Gasteiger partial charge in [-0.05, 0) is 89.9 Å². The summed E-state index contributed by atoms with van der Waals surface area (Å²) < 4.78 is 11.4. The first-order valence-corrected chi connectivity index (χ1v) is 22.3. The molecule has 1 aliphatic heterocycles. The molecule has 0 bridgehead atoms. The summed E-state index contributed by atoms with van der Waals surface area (Å²) in [6.07, 6.45) is 1.92. The van der Waals surface area contributed by atoms with Crippen LogP contribution in [0.5, 0.6) is 11.5 Å². The van der Waals surface area contributed by atoms with E-state index >= 15 is 0 Å². The fourth-order valence-corrected chi connectivity index (χ4v) is 10.4. The van der Waals surface area contributed by atoms with Gasteiger partial charge in [-0.1, -0.05) is 123 Å². The zero-order chi connectivity index (χ0) is 43.0. The van der Waals surface area contributed by atoms with Crippen LogP contribution in [0.3, 0.4) is 0 Å². The van der Waals surface area contributed by atoms with Crippen LogP contribution < -0.4 is 14.5 Å². The Balaban J connectivity index is 0.00000484. The monoisotopic (exact) mass is 1030 g/mol. The first-order valence-electron chi connectivity index (χ1n) is 21.5. The average Bonchev–Trinajstić information content (AvgIpc) is 3.98. The normalized spacial score (nSPS) is 12.6. The number of hydrogen-bond donors (Lipinski definition) is 0. The third-order valence-electron chi connectivity index (χ3n) is 12.6. The molecule has 1 aliphatic rings. The van der Waals surface area contributed by atoms with Crippen LogP contribution in [0, 0.1) is 39.6 Å². The second-order valence-corrected chi connectivity index (χ2v) is 18.5. The Labute approximate surface area is 393 Å². The number of ether oxygens (including phenoxy) is 1. The number of thiophene rings is 1. The molecule has 0 atom stereocenters. The van der Waals surface area contributed by atoms with Crippen LogP contribution in [0.1, 0.15) is 43.0 Å². The molecule has 0 saturated carbocycles. The van der Waals surface area contributed by atoms with Crippen molar-refractivity contribution >= 4 is 65.3 Å². The molecule has 7 heteroatoms. The predicted molar refractivity (Wildman–Crippen MR) is 263 cm³/mol. The summed E-state index contributed by atoms with van der Waals surface area (Å²) in [5.74, 6) is 2.07. The quantitative estimate of drug-likeness (QED) is 0.149. The summed E-state index contributed by atoms with van der Waals surface area (Å²) in [6.45, 7) is 15.7. The molecular formula is C57H45N4OPtS-3. The SMILES string of the molecule is Cc1c(C)c(-c2ccccc2)c(N2[CH-]N(c3[c-]c(Oc4[c-]c5c(cc4)c4sc6ccccc6c4n5-c4cc(C(C)(C)C)ccn4)ccc3)c3ccccc32)c(-c2ccccc2)c1C.[Pt]. The van der Waals surface area contributed by atoms with Crippen LogP contribution in [-0.2, 0) is 26.5 Å². The van der Waals surface area contributed by atoms with Gasteiger partial charge in [-0.2, -0.15) is 12.1 Å². The summed E-state index contributed by atoms with van der Waals surface area (Å²) >= 11 is 1.81. The van der Waals surface area contributed by atoms with Gasteiger partial charge in [0, 0.05) is 81.7 Å². The molecule has 0 N–H and O–H groups in total. The second-order valence-electron chi connectivity index (χ2n) is 17.4. The van der Waals surface area contributed by atoms with Crippen molar-refractivity contribution < 1.29 is 25.8 Å². The first-order chi connectivity index (χ1) is 30.6. The fraction of sp³-hybridized carbons (Fsp3) is 0.123. The van der Waals surface area contributed by atoms with Crippen LogP contribution in [0.25, 0.3) is 59.3 Å². The van der Waals surface area contributed by atoms with Crippen molar-refractivity contribution in [1.82, 2.24) is 9.55 Å². The Morgan fingerprint density at radius 2 is 1.23 bits per heavy atom. The Hall–Kier alpha value is -6.46. The summed E-state index contributed by atoms with van der Waals surface area (Å²) in [5, 5.41) is 2.32. The summed E-state index contributed by atoms with van der Waals surface area (Å²) in [5.41, 5.74) is 16.1. The van der Waals surface area contributed by atoms with Gasteiger partial charge in [0.15, 0.2) is 0 Å². The topological polar surface area (TPSA) is 33.5 Å². The van der Waals surface area contributed by atoms with E-state index in [1.165, 1.54) is 59.3 Å². The van der Waals surface area contributed by atoms with Gasteiger partial charge in [-0.25, -0.2) is 4.98 Å². The third kappa shape index (κ3) is 6.92. The summed E-state index contributed by atoms with van der Waals surface area (Å²) in [6, 6.07) is 60.7. The van der Waals surface area contributed by atoms with Crippen molar-refractivity contribution in [3.8, 4) is 39.6 Å². The zero-order valence-corrected chi connectivity index (χ0v) is 39.6. The molecule has 0 aliphatic carbocycles. The Bertz CT molecular complexity index is 3320. The number of hydrogen-bond acceptors (Lipinski definition) is 5. The summed E-state index contributed by atoms with van der Waals surface area (Å²) in [4.78, 5) is 9.54. The molecule has 7 aromatic carbocycles. The summed E-state index contributed by atoms with van der Waals surface area (Å²) in [7, 11) is 0. The number of aromatic nitrogens is 2. The molecule has 0 unspecified atom stereocenters. The maximum absolute atomic E-state index is 6.72. The van der Waals surface area contributed by atoms with Gasteiger partial charge in [0.2, 0.25) is 0 Å². The minimum Gasteiger partial charge on any atom is -0.509 e. The molecule has 10 aromatic rings. The number of para-hydroxylation sites is 2. The van der Waals surface area contributed by atoms with Gasteiger partial charge in [0.25, 0.3) is 0 Å². The van der Waals surface area contributed by atoms with Crippen LogP contribution in [0.15, 0.2) is 158 Å². The average molecular weight is 1030 g/mol. The van der Waals surface area contributed by atoms with Gasteiger partial charge >= 0.3 is 0 Å². The first kappa shape index (κ1) is 41.5. The number of fused-ring (bicyclic) bond motifs is 6. The molecule has 0 radical (unpaired) electrons. The minimum absolute atomic E-state index is 0. The van der Waals surface area contributed by atoms with E-state index in [1.807, 2.05) is 35.7 Å². The van der Waals surface area contributed by atoms with E-state index in [9.17, 15) is 0 Å². The van der Waals surface area contributed by atoms with E-state index in [0.717, 1.165) is 45.0 Å². The van der Waals surface area contributed by atoms with Gasteiger partial charge in [-0.15, -0.1) is 54.0 Å². The number of nitrogens with zero attached hydrogens (tertiary/aromatic N) is 4. The van der Waals surface area contributed by atoms with Crippen molar-refractivity contribution in [2.75, 3.05) is 9.80 Å². The Morgan fingerprint density at radius 1 is 0.609 bits per heavy atom. The van der Waals surface area contributed by atoms with Gasteiger partial charge in [0.05, 0.1) is 5.52 Å². The van der Waals surface area contributed by atoms with Crippen LogP contribution in [-0.4, -0.2) is 9.55 Å². The molecule has 3 aromatic heterocycles. The van der Waals surface area contributed by atoms with Gasteiger partial charge in [0.1, 0.15) is 5.82 Å². The minimum atomic E-state index is -0.0357. The molecule has 64 heavy (non-hydrogen) atoms. The van der Waals surface area contributed by atoms with Crippen molar-refractivity contribution in [2.45, 2.75) is 47.0 Å². The van der Waals surface area contributed by atoms with Crippen LogP contribution in [0.4, 0.5) is 22.7 Å². The molecule has 4 heterocycles. The van der Waals surface area contributed by atoms with Crippen molar-refractivity contribution in [3.05, 3.63) is 199 Å². The second kappa shape index (κ2) is 16.3. The maximum atomic E-state index is 6.72. The molecule has 11 rings (SSSR count). The third-order valence-corrected chi connectivity index (χ3v) is 13.8. The van der Waals surface area contributed by atoms with Crippen LogP contribution >= 0.6 is 11.3 Å². The zero-order valence-electron chi connectivity index (χ0n) is 36.5. The molecule has 0 amide bonds. The smallest absolute Gasteiger partial charge is 0.135 e. The van der Waals surface area contributed by atoms with E-state index in [0.29, 0.717) is 11.5 Å². The molecule has 5 nitrogen and oxygen atoms in total. The maximum Gasteiger partial charge on any atom is 0.135 e. The molecule has 0 spiro atoms. The van der Waals surface area contributed by atoms with Crippen molar-refractivity contribution in [1.29, 1.82) is 0 Å². The van der Waals surface area contributed by atoms with E-state index in [2.05, 4.69) is 208 Å². The molecule has 0 fully saturated rings. The van der Waals surface area contributed by atoms with Gasteiger partial charge in [-0.3, -0.25) is 0 Å².